The normalized spacial score (nSPS) is 13.0. The van der Waals surface area contributed by atoms with Crippen molar-refractivity contribution < 1.29 is 23.8 Å². The first-order valence-electron chi connectivity index (χ1n) is 11.6. The summed E-state index contributed by atoms with van der Waals surface area (Å²) in [5.74, 6) is 0.519. The van der Waals surface area contributed by atoms with Crippen LogP contribution in [-0.2, 0) is 11.4 Å². The van der Waals surface area contributed by atoms with Crippen LogP contribution in [0.4, 0.5) is 0 Å². The zero-order valence-electron chi connectivity index (χ0n) is 20.5. The summed E-state index contributed by atoms with van der Waals surface area (Å²) in [5, 5.41) is 7.91. The molecule has 0 radical (unpaired) electrons. The van der Waals surface area contributed by atoms with Crippen LogP contribution in [0.1, 0.15) is 35.3 Å². The molecule has 2 amide bonds. The molecule has 0 spiro atoms. The maximum absolute atomic E-state index is 12.9. The van der Waals surface area contributed by atoms with Crippen molar-refractivity contribution in [3.05, 3.63) is 85.8 Å². The topological polar surface area (TPSA) is 98.2 Å². The van der Waals surface area contributed by atoms with E-state index in [1.165, 1.54) is 6.21 Å². The molecule has 0 saturated heterocycles. The van der Waals surface area contributed by atoms with E-state index in [-0.39, 0.29) is 19.3 Å². The van der Waals surface area contributed by atoms with E-state index in [0.29, 0.717) is 38.4 Å². The summed E-state index contributed by atoms with van der Waals surface area (Å²) in [7, 11) is 0. The van der Waals surface area contributed by atoms with Crippen LogP contribution in [0.25, 0.3) is 0 Å². The van der Waals surface area contributed by atoms with Gasteiger partial charge in [0, 0.05) is 31.2 Å². The molecule has 0 saturated carbocycles. The van der Waals surface area contributed by atoms with Crippen molar-refractivity contribution in [3.8, 4) is 17.2 Å². The molecule has 0 bridgehead atoms. The van der Waals surface area contributed by atoms with E-state index in [2.05, 4.69) is 31.8 Å². The predicted octanol–water partition coefficient (Wildman–Crippen LogP) is 5.97. The number of fused-ring (bicyclic) bond motifs is 1. The second-order valence-corrected chi connectivity index (χ2v) is 10.5. The Morgan fingerprint density at radius 2 is 1.87 bits per heavy atom. The number of benzene rings is 3. The van der Waals surface area contributed by atoms with Gasteiger partial charge in [0.15, 0.2) is 11.5 Å². The Bertz CT molecular complexity index is 1380. The molecule has 1 unspecified atom stereocenters. The monoisotopic (exact) mass is 619 g/mol. The minimum absolute atomic E-state index is 0.106. The van der Waals surface area contributed by atoms with Gasteiger partial charge in [-0.3, -0.25) is 9.59 Å². The summed E-state index contributed by atoms with van der Waals surface area (Å²) >= 11 is 15.7. The van der Waals surface area contributed by atoms with Gasteiger partial charge in [0.2, 0.25) is 6.79 Å². The van der Waals surface area contributed by atoms with Crippen LogP contribution in [0.3, 0.4) is 0 Å². The molecule has 198 valence electrons. The zero-order valence-corrected chi connectivity index (χ0v) is 23.6. The van der Waals surface area contributed by atoms with Crippen molar-refractivity contribution in [1.29, 1.82) is 0 Å². The molecule has 1 heterocycles. The number of hydrogen-bond donors (Lipinski definition) is 2. The van der Waals surface area contributed by atoms with Gasteiger partial charge >= 0.3 is 0 Å². The van der Waals surface area contributed by atoms with Gasteiger partial charge in [-0.1, -0.05) is 59.0 Å². The fraction of sp³-hybridized carbons (Fsp3) is 0.222. The fourth-order valence-electron chi connectivity index (χ4n) is 3.58. The zero-order chi connectivity index (χ0) is 27.2. The highest BCUT2D eigenvalue weighted by Gasteiger charge is 2.25. The third kappa shape index (κ3) is 6.98. The molecule has 3 aromatic rings. The van der Waals surface area contributed by atoms with Crippen molar-refractivity contribution in [2.45, 2.75) is 26.5 Å². The molecule has 1 aliphatic rings. The summed E-state index contributed by atoms with van der Waals surface area (Å²) in [6.07, 6.45) is 1.47. The van der Waals surface area contributed by atoms with Crippen LogP contribution in [0.15, 0.2) is 64.2 Å². The Balaban J connectivity index is 1.41. The third-order valence-corrected chi connectivity index (χ3v) is 6.70. The second-order valence-electron chi connectivity index (χ2n) is 8.70. The number of carbonyl (C=O) groups excluding carboxylic acids is 2. The van der Waals surface area contributed by atoms with Crippen molar-refractivity contribution in [1.82, 2.24) is 10.7 Å². The van der Waals surface area contributed by atoms with Gasteiger partial charge in [-0.15, -0.1) is 0 Å². The molecule has 1 aliphatic heterocycles. The van der Waals surface area contributed by atoms with E-state index in [1.54, 1.807) is 48.5 Å². The number of halogens is 3. The highest BCUT2D eigenvalue weighted by atomic mass is 79.9. The SMILES string of the molecule is CC(C)C(NC(=O)c1ccc2c(c1)OCO2)C(=O)N/N=C/c1cc(Br)ccc1OCc1ccc(Cl)cc1Cl. The number of hydrazone groups is 1. The van der Waals surface area contributed by atoms with Crippen molar-refractivity contribution in [2.24, 2.45) is 11.0 Å². The van der Waals surface area contributed by atoms with Crippen LogP contribution in [0.5, 0.6) is 17.2 Å². The fourth-order valence-corrected chi connectivity index (χ4v) is 4.42. The molecule has 0 aliphatic carbocycles. The molecule has 4 rings (SSSR count). The van der Waals surface area contributed by atoms with Gasteiger partial charge in [0.1, 0.15) is 18.4 Å². The summed E-state index contributed by atoms with van der Waals surface area (Å²) in [5.41, 5.74) is 4.26. The number of carbonyl (C=O) groups is 2. The van der Waals surface area contributed by atoms with Crippen LogP contribution < -0.4 is 25.0 Å². The minimum Gasteiger partial charge on any atom is -0.488 e. The van der Waals surface area contributed by atoms with Crippen LogP contribution in [-0.4, -0.2) is 30.9 Å². The average molecular weight is 621 g/mol. The number of amides is 2. The van der Waals surface area contributed by atoms with Crippen molar-refractivity contribution >= 4 is 57.2 Å². The van der Waals surface area contributed by atoms with Gasteiger partial charge in [0.25, 0.3) is 11.8 Å². The Morgan fingerprint density at radius 1 is 1.08 bits per heavy atom. The van der Waals surface area contributed by atoms with Crippen LogP contribution >= 0.6 is 39.1 Å². The maximum atomic E-state index is 12.9. The summed E-state index contributed by atoms with van der Waals surface area (Å²) in [6.45, 7) is 3.98. The Kier molecular flexibility index (Phi) is 9.14. The van der Waals surface area contributed by atoms with E-state index in [1.807, 2.05) is 19.9 Å². The van der Waals surface area contributed by atoms with Gasteiger partial charge in [-0.2, -0.15) is 5.10 Å². The summed E-state index contributed by atoms with van der Waals surface area (Å²) < 4.78 is 17.4. The molecular formula is C27H24BrCl2N3O5. The van der Waals surface area contributed by atoms with Gasteiger partial charge in [-0.05, 0) is 54.4 Å². The molecule has 3 aromatic carbocycles. The van der Waals surface area contributed by atoms with Gasteiger partial charge < -0.3 is 19.5 Å². The van der Waals surface area contributed by atoms with E-state index < -0.39 is 17.9 Å². The molecule has 11 heteroatoms. The third-order valence-electron chi connectivity index (χ3n) is 5.62. The average Bonchev–Trinajstić information content (AvgIpc) is 3.35. The number of ether oxygens (including phenoxy) is 3. The largest absolute Gasteiger partial charge is 0.488 e. The lowest BCUT2D eigenvalue weighted by Gasteiger charge is -2.20. The smallest absolute Gasteiger partial charge is 0.262 e. The number of hydrogen-bond acceptors (Lipinski definition) is 6. The molecular weight excluding hydrogens is 597 g/mol. The van der Waals surface area contributed by atoms with Crippen LogP contribution in [0.2, 0.25) is 10.0 Å². The Morgan fingerprint density at radius 3 is 2.63 bits per heavy atom. The summed E-state index contributed by atoms with van der Waals surface area (Å²) in [4.78, 5) is 25.7. The molecule has 38 heavy (non-hydrogen) atoms. The first kappa shape index (κ1) is 27.8. The number of rotatable bonds is 9. The lowest BCUT2D eigenvalue weighted by atomic mass is 10.0. The molecule has 2 N–H and O–H groups in total. The van der Waals surface area contributed by atoms with E-state index >= 15 is 0 Å². The Labute approximate surface area is 238 Å². The van der Waals surface area contributed by atoms with E-state index in [0.717, 1.165) is 10.0 Å². The highest BCUT2D eigenvalue weighted by Crippen LogP contribution is 2.32. The molecule has 8 nitrogen and oxygen atoms in total. The standard InChI is InChI=1S/C27H24BrCl2N3O5/c1-15(2)25(32-26(34)16-4-7-23-24(10-16)38-14-37-23)27(35)33-31-12-18-9-19(28)5-8-22(18)36-13-17-3-6-20(29)11-21(17)30/h3-12,15,25H,13-14H2,1-2H3,(H,32,34)(H,33,35)/b31-12+. The van der Waals surface area contributed by atoms with Crippen LogP contribution in [0, 0.1) is 5.92 Å². The van der Waals surface area contributed by atoms with Crippen molar-refractivity contribution in [2.75, 3.05) is 6.79 Å². The lowest BCUT2D eigenvalue weighted by Crippen LogP contribution is -2.48. The number of nitrogens with one attached hydrogen (secondary N) is 2. The maximum Gasteiger partial charge on any atom is 0.262 e. The molecule has 0 aromatic heterocycles. The lowest BCUT2D eigenvalue weighted by molar-refractivity contribution is -0.123. The van der Waals surface area contributed by atoms with E-state index in [9.17, 15) is 9.59 Å². The molecule has 0 fully saturated rings. The van der Waals surface area contributed by atoms with Gasteiger partial charge in [-0.25, -0.2) is 5.43 Å². The second kappa shape index (κ2) is 12.5. The first-order chi connectivity index (χ1) is 18.2. The molecule has 1 atom stereocenters. The Hall–Kier alpha value is -3.27. The first-order valence-corrected chi connectivity index (χ1v) is 13.2. The summed E-state index contributed by atoms with van der Waals surface area (Å²) in [6, 6.07) is 14.6. The number of nitrogens with zero attached hydrogens (tertiary/aromatic N) is 1. The van der Waals surface area contributed by atoms with Crippen molar-refractivity contribution in [3.63, 3.8) is 0 Å². The predicted molar refractivity (Wildman–Crippen MR) is 149 cm³/mol. The quantitative estimate of drug-likeness (QED) is 0.227. The minimum atomic E-state index is -0.824. The van der Waals surface area contributed by atoms with E-state index in [4.69, 9.17) is 37.4 Å². The highest BCUT2D eigenvalue weighted by molar-refractivity contribution is 9.10. The van der Waals surface area contributed by atoms with Gasteiger partial charge in [0.05, 0.1) is 6.21 Å².